The van der Waals surface area contributed by atoms with Crippen LogP contribution in [0.3, 0.4) is 0 Å². The van der Waals surface area contributed by atoms with Crippen LogP contribution in [0.4, 0.5) is 5.13 Å². The molecule has 0 saturated carbocycles. The van der Waals surface area contributed by atoms with Gasteiger partial charge in [-0.15, -0.1) is 0 Å². The first-order chi connectivity index (χ1) is 9.72. The summed E-state index contributed by atoms with van der Waals surface area (Å²) in [7, 11) is 1.97. The molecule has 0 aliphatic carbocycles. The summed E-state index contributed by atoms with van der Waals surface area (Å²) in [4.78, 5) is 11.8. The normalized spacial score (nSPS) is 10.7. The van der Waals surface area contributed by atoms with Crippen LogP contribution in [0.25, 0.3) is 10.4 Å². The zero-order valence-electron chi connectivity index (χ0n) is 11.3. The van der Waals surface area contributed by atoms with Crippen LogP contribution in [-0.4, -0.2) is 22.2 Å². The molecule has 6 heteroatoms. The molecular formula is C14H14N4OS. The van der Waals surface area contributed by atoms with Crippen LogP contribution < -0.4 is 4.90 Å². The van der Waals surface area contributed by atoms with Gasteiger partial charge in [0.15, 0.2) is 11.0 Å². The zero-order valence-corrected chi connectivity index (χ0v) is 12.1. The second-order valence-corrected chi connectivity index (χ2v) is 5.47. The lowest BCUT2D eigenvalue weighted by molar-refractivity contribution is 0.387. The molecule has 0 saturated heterocycles. The summed E-state index contributed by atoms with van der Waals surface area (Å²) in [5, 5.41) is 4.83. The Balaban J connectivity index is 1.76. The van der Waals surface area contributed by atoms with Crippen molar-refractivity contribution in [2.75, 3.05) is 11.9 Å². The van der Waals surface area contributed by atoms with Crippen molar-refractivity contribution in [3.05, 3.63) is 48.2 Å². The van der Waals surface area contributed by atoms with Crippen molar-refractivity contribution in [2.45, 2.75) is 13.5 Å². The van der Waals surface area contributed by atoms with Crippen LogP contribution in [0, 0.1) is 6.92 Å². The van der Waals surface area contributed by atoms with Gasteiger partial charge in [-0.2, -0.15) is 4.98 Å². The fraction of sp³-hybridized carbons (Fsp3) is 0.214. The molecule has 102 valence electrons. The highest BCUT2D eigenvalue weighted by molar-refractivity contribution is 7.18. The molecular weight excluding hydrogens is 272 g/mol. The number of aryl methyl sites for hydroxylation is 1. The number of rotatable bonds is 4. The van der Waals surface area contributed by atoms with Gasteiger partial charge in [0.05, 0.1) is 11.4 Å². The molecule has 0 radical (unpaired) electrons. The van der Waals surface area contributed by atoms with Crippen molar-refractivity contribution in [1.82, 2.24) is 15.1 Å². The summed E-state index contributed by atoms with van der Waals surface area (Å²) in [6, 6.07) is 10.2. The minimum absolute atomic E-state index is 0.581. The Morgan fingerprint density at radius 3 is 2.75 bits per heavy atom. The van der Waals surface area contributed by atoms with E-state index in [1.165, 1.54) is 5.56 Å². The van der Waals surface area contributed by atoms with E-state index in [9.17, 15) is 0 Å². The van der Waals surface area contributed by atoms with Crippen molar-refractivity contribution in [3.63, 3.8) is 0 Å². The number of anilines is 1. The molecule has 0 fully saturated rings. The number of aromatic nitrogens is 3. The van der Waals surface area contributed by atoms with Gasteiger partial charge in [-0.25, -0.2) is 4.98 Å². The van der Waals surface area contributed by atoms with Crippen LogP contribution in [-0.2, 0) is 6.54 Å². The van der Waals surface area contributed by atoms with E-state index in [1.807, 2.05) is 36.3 Å². The van der Waals surface area contributed by atoms with Gasteiger partial charge in [-0.3, -0.25) is 0 Å². The van der Waals surface area contributed by atoms with Crippen LogP contribution in [0.5, 0.6) is 0 Å². The molecule has 0 aliphatic heterocycles. The van der Waals surface area contributed by atoms with Gasteiger partial charge in [0.2, 0.25) is 5.89 Å². The minimum Gasteiger partial charge on any atom is -0.343 e. The summed E-state index contributed by atoms with van der Waals surface area (Å²) >= 11 is 1.65. The topological polar surface area (TPSA) is 55.1 Å². The smallest absolute Gasteiger partial charge is 0.223 e. The third-order valence-electron chi connectivity index (χ3n) is 2.83. The maximum atomic E-state index is 4.97. The van der Waals surface area contributed by atoms with E-state index in [4.69, 9.17) is 4.52 Å². The Morgan fingerprint density at radius 1 is 1.25 bits per heavy atom. The van der Waals surface area contributed by atoms with Crippen molar-refractivity contribution < 1.29 is 4.52 Å². The van der Waals surface area contributed by atoms with Gasteiger partial charge in [0.25, 0.3) is 0 Å². The second kappa shape index (κ2) is 5.42. The predicted molar refractivity (Wildman–Crippen MR) is 78.7 cm³/mol. The fourth-order valence-corrected chi connectivity index (χ4v) is 2.74. The highest BCUT2D eigenvalue weighted by Crippen LogP contribution is 2.30. The molecule has 3 rings (SSSR count). The van der Waals surface area contributed by atoms with Crippen molar-refractivity contribution >= 4 is 16.5 Å². The molecule has 20 heavy (non-hydrogen) atoms. The Kier molecular flexibility index (Phi) is 3.47. The lowest BCUT2D eigenvalue weighted by atomic mass is 10.2. The van der Waals surface area contributed by atoms with E-state index >= 15 is 0 Å². The van der Waals surface area contributed by atoms with E-state index in [2.05, 4.69) is 27.3 Å². The van der Waals surface area contributed by atoms with Crippen LogP contribution >= 0.6 is 11.3 Å². The van der Waals surface area contributed by atoms with E-state index in [0.29, 0.717) is 18.3 Å². The quantitative estimate of drug-likeness (QED) is 0.737. The molecule has 2 heterocycles. The SMILES string of the molecule is Cc1nc(CN(C)c2ncc(-c3ccccc3)s2)no1. The van der Waals surface area contributed by atoms with E-state index < -0.39 is 0 Å². The number of nitrogens with zero attached hydrogens (tertiary/aromatic N) is 4. The summed E-state index contributed by atoms with van der Waals surface area (Å²) in [6.45, 7) is 2.37. The summed E-state index contributed by atoms with van der Waals surface area (Å²) in [5.41, 5.74) is 1.18. The first kappa shape index (κ1) is 12.8. The first-order valence-corrected chi connectivity index (χ1v) is 7.05. The molecule has 5 nitrogen and oxygen atoms in total. The Hall–Kier alpha value is -2.21. The monoisotopic (exact) mass is 286 g/mol. The third kappa shape index (κ3) is 2.70. The number of hydrogen-bond acceptors (Lipinski definition) is 6. The van der Waals surface area contributed by atoms with Crippen molar-refractivity contribution in [2.24, 2.45) is 0 Å². The highest BCUT2D eigenvalue weighted by atomic mass is 32.1. The number of hydrogen-bond donors (Lipinski definition) is 0. The fourth-order valence-electron chi connectivity index (χ4n) is 1.86. The number of benzene rings is 1. The average Bonchev–Trinajstić information content (AvgIpc) is 3.09. The summed E-state index contributed by atoms with van der Waals surface area (Å²) in [6.07, 6.45) is 1.90. The molecule has 0 aliphatic rings. The third-order valence-corrected chi connectivity index (χ3v) is 3.99. The lowest BCUT2D eigenvalue weighted by Gasteiger charge is -2.12. The number of thiazole rings is 1. The largest absolute Gasteiger partial charge is 0.343 e. The Labute approximate surface area is 120 Å². The standard InChI is InChI=1S/C14H14N4OS/c1-10-16-13(17-19-10)9-18(2)14-15-8-12(20-14)11-6-4-3-5-7-11/h3-8H,9H2,1-2H3. The predicted octanol–water partition coefficient (Wildman–Crippen LogP) is 3.14. The Bertz CT molecular complexity index is 692. The molecule has 0 unspecified atom stereocenters. The van der Waals surface area contributed by atoms with Gasteiger partial charge < -0.3 is 9.42 Å². The first-order valence-electron chi connectivity index (χ1n) is 6.24. The Morgan fingerprint density at radius 2 is 2.05 bits per heavy atom. The van der Waals surface area contributed by atoms with Gasteiger partial charge in [-0.05, 0) is 5.56 Å². The molecule has 0 spiro atoms. The van der Waals surface area contributed by atoms with E-state index in [-0.39, 0.29) is 0 Å². The van der Waals surface area contributed by atoms with Gasteiger partial charge in [0.1, 0.15) is 0 Å². The summed E-state index contributed by atoms with van der Waals surface area (Å²) in [5.74, 6) is 1.25. The average molecular weight is 286 g/mol. The zero-order chi connectivity index (χ0) is 13.9. The summed E-state index contributed by atoms with van der Waals surface area (Å²) < 4.78 is 4.97. The molecule has 0 N–H and O–H groups in total. The van der Waals surface area contributed by atoms with Crippen LogP contribution in [0.15, 0.2) is 41.1 Å². The molecule has 1 aromatic carbocycles. The van der Waals surface area contributed by atoms with Gasteiger partial charge >= 0.3 is 0 Å². The van der Waals surface area contributed by atoms with Crippen LogP contribution in [0.1, 0.15) is 11.7 Å². The maximum Gasteiger partial charge on any atom is 0.223 e. The maximum absolute atomic E-state index is 4.97. The van der Waals surface area contributed by atoms with Crippen molar-refractivity contribution in [1.29, 1.82) is 0 Å². The van der Waals surface area contributed by atoms with Crippen molar-refractivity contribution in [3.8, 4) is 10.4 Å². The minimum atomic E-state index is 0.581. The van der Waals surface area contributed by atoms with E-state index in [0.717, 1.165) is 10.0 Å². The highest BCUT2D eigenvalue weighted by Gasteiger charge is 2.11. The molecule has 0 atom stereocenters. The lowest BCUT2D eigenvalue weighted by Crippen LogP contribution is -2.16. The molecule has 3 aromatic rings. The van der Waals surface area contributed by atoms with Gasteiger partial charge in [0, 0.05) is 20.2 Å². The second-order valence-electron chi connectivity index (χ2n) is 4.46. The van der Waals surface area contributed by atoms with Crippen LogP contribution in [0.2, 0.25) is 0 Å². The molecule has 2 aromatic heterocycles. The van der Waals surface area contributed by atoms with E-state index in [1.54, 1.807) is 18.3 Å². The van der Waals surface area contributed by atoms with Gasteiger partial charge in [-0.1, -0.05) is 46.8 Å². The molecule has 0 amide bonds. The molecule has 0 bridgehead atoms.